The summed E-state index contributed by atoms with van der Waals surface area (Å²) >= 11 is 0. The predicted molar refractivity (Wildman–Crippen MR) is 97.9 cm³/mol. The number of benzene rings is 2. The molecule has 0 aromatic heterocycles. The first-order valence-electron chi connectivity index (χ1n) is 8.86. The normalized spacial score (nSPS) is 16.8. The number of hydrogen-bond acceptors (Lipinski definition) is 2. The van der Waals surface area contributed by atoms with Gasteiger partial charge in [-0.05, 0) is 57.1 Å². The van der Waals surface area contributed by atoms with Crippen LogP contribution in [0.1, 0.15) is 36.3 Å². The molecule has 2 nitrogen and oxygen atoms in total. The third-order valence-corrected chi connectivity index (χ3v) is 5.13. The molecule has 0 saturated carbocycles. The van der Waals surface area contributed by atoms with Crippen molar-refractivity contribution in [2.75, 3.05) is 26.7 Å². The van der Waals surface area contributed by atoms with Crippen molar-refractivity contribution in [2.45, 2.75) is 31.2 Å². The van der Waals surface area contributed by atoms with E-state index in [1.165, 1.54) is 50.0 Å². The minimum absolute atomic E-state index is 0.499. The van der Waals surface area contributed by atoms with E-state index in [1.54, 1.807) is 0 Å². The monoisotopic (exact) mass is 308 g/mol. The minimum atomic E-state index is 0.499. The average Bonchev–Trinajstić information content (AvgIpc) is 2.64. The Morgan fingerprint density at radius 2 is 1.43 bits per heavy atom. The van der Waals surface area contributed by atoms with E-state index >= 15 is 0 Å². The Bertz CT molecular complexity index is 519. The highest BCUT2D eigenvalue weighted by atomic mass is 15.1. The van der Waals surface area contributed by atoms with Crippen LogP contribution in [0.25, 0.3) is 0 Å². The molecule has 122 valence electrons. The van der Waals surface area contributed by atoms with Crippen molar-refractivity contribution in [1.29, 1.82) is 0 Å². The summed E-state index contributed by atoms with van der Waals surface area (Å²) in [6.45, 7) is 3.63. The second-order valence-corrected chi connectivity index (χ2v) is 6.57. The highest BCUT2D eigenvalue weighted by Crippen LogP contribution is 2.28. The van der Waals surface area contributed by atoms with Gasteiger partial charge in [0.25, 0.3) is 0 Å². The second kappa shape index (κ2) is 8.28. The average molecular weight is 308 g/mol. The van der Waals surface area contributed by atoms with E-state index in [0.717, 1.165) is 0 Å². The van der Waals surface area contributed by atoms with E-state index in [2.05, 4.69) is 77.9 Å². The molecule has 2 aromatic carbocycles. The molecule has 23 heavy (non-hydrogen) atoms. The molecule has 2 heteroatoms. The molecule has 1 fully saturated rings. The van der Waals surface area contributed by atoms with Gasteiger partial charge in [0.15, 0.2) is 0 Å². The third-order valence-electron chi connectivity index (χ3n) is 5.13. The van der Waals surface area contributed by atoms with Crippen LogP contribution in [0, 0.1) is 0 Å². The van der Waals surface area contributed by atoms with E-state index in [-0.39, 0.29) is 0 Å². The van der Waals surface area contributed by atoms with Gasteiger partial charge in [-0.3, -0.25) is 0 Å². The van der Waals surface area contributed by atoms with Gasteiger partial charge >= 0.3 is 0 Å². The van der Waals surface area contributed by atoms with Gasteiger partial charge in [0.05, 0.1) is 0 Å². The molecule has 0 aliphatic carbocycles. The van der Waals surface area contributed by atoms with E-state index in [4.69, 9.17) is 0 Å². The van der Waals surface area contributed by atoms with E-state index in [1.807, 2.05) is 0 Å². The molecule has 0 atom stereocenters. The van der Waals surface area contributed by atoms with Gasteiger partial charge in [0.2, 0.25) is 0 Å². The maximum absolute atomic E-state index is 3.41. The van der Waals surface area contributed by atoms with Crippen molar-refractivity contribution >= 4 is 0 Å². The Morgan fingerprint density at radius 3 is 1.91 bits per heavy atom. The van der Waals surface area contributed by atoms with Crippen LogP contribution >= 0.6 is 0 Å². The zero-order valence-electron chi connectivity index (χ0n) is 14.1. The van der Waals surface area contributed by atoms with Gasteiger partial charge in [0.1, 0.15) is 0 Å². The Kier molecular flexibility index (Phi) is 5.84. The number of piperidine rings is 1. The first-order valence-corrected chi connectivity index (χ1v) is 8.86. The molecule has 0 spiro atoms. The van der Waals surface area contributed by atoms with Crippen LogP contribution in [0.4, 0.5) is 0 Å². The van der Waals surface area contributed by atoms with Crippen LogP contribution in [0.2, 0.25) is 0 Å². The van der Waals surface area contributed by atoms with Crippen LogP contribution in [0.5, 0.6) is 0 Å². The molecule has 1 aliphatic rings. The zero-order valence-corrected chi connectivity index (χ0v) is 14.1. The molecule has 0 bridgehead atoms. The number of nitrogens with one attached hydrogen (secondary N) is 1. The summed E-state index contributed by atoms with van der Waals surface area (Å²) in [5.41, 5.74) is 2.87. The lowest BCUT2D eigenvalue weighted by atomic mass is 9.88. The van der Waals surface area contributed by atoms with Crippen LogP contribution in [0.15, 0.2) is 60.7 Å². The van der Waals surface area contributed by atoms with Gasteiger partial charge in [-0.2, -0.15) is 0 Å². The molecule has 1 aliphatic heterocycles. The minimum Gasteiger partial charge on any atom is -0.317 e. The molecule has 0 radical (unpaired) electrons. The first-order chi connectivity index (χ1) is 11.4. The molecular weight excluding hydrogens is 280 g/mol. The zero-order chi connectivity index (χ0) is 15.9. The Hall–Kier alpha value is -1.64. The maximum atomic E-state index is 3.41. The van der Waals surface area contributed by atoms with Crippen molar-refractivity contribution in [3.05, 3.63) is 71.8 Å². The Morgan fingerprint density at radius 1 is 0.913 bits per heavy atom. The predicted octanol–water partition coefficient (Wildman–Crippen LogP) is 3.89. The molecule has 1 saturated heterocycles. The van der Waals surface area contributed by atoms with Gasteiger partial charge in [-0.15, -0.1) is 0 Å². The molecule has 2 aromatic rings. The lowest BCUT2D eigenvalue weighted by Crippen LogP contribution is -2.41. The lowest BCUT2D eigenvalue weighted by molar-refractivity contribution is 0.197. The lowest BCUT2D eigenvalue weighted by Gasteiger charge is -2.32. The number of hydrogen-bond donors (Lipinski definition) is 1. The largest absolute Gasteiger partial charge is 0.317 e. The standard InChI is InChI=1S/C21H28N2/c1-22-20-12-15-23(16-13-20)17-14-21(18-8-4-2-5-9-18)19-10-6-3-7-11-19/h2-11,20-22H,12-17H2,1H3. The van der Waals surface area contributed by atoms with Gasteiger partial charge in [-0.25, -0.2) is 0 Å². The second-order valence-electron chi connectivity index (χ2n) is 6.57. The fraction of sp³-hybridized carbons (Fsp3) is 0.429. The van der Waals surface area contributed by atoms with Gasteiger partial charge in [0, 0.05) is 12.0 Å². The number of rotatable bonds is 6. The van der Waals surface area contributed by atoms with E-state index in [9.17, 15) is 0 Å². The highest BCUT2D eigenvalue weighted by Gasteiger charge is 2.20. The summed E-state index contributed by atoms with van der Waals surface area (Å²) in [4.78, 5) is 2.63. The van der Waals surface area contributed by atoms with Gasteiger partial charge < -0.3 is 10.2 Å². The van der Waals surface area contributed by atoms with E-state index < -0.39 is 0 Å². The molecular formula is C21H28N2. The SMILES string of the molecule is CNC1CCN(CCC(c2ccccc2)c2ccccc2)CC1. The summed E-state index contributed by atoms with van der Waals surface area (Å²) in [5, 5.41) is 3.41. The van der Waals surface area contributed by atoms with Crippen molar-refractivity contribution < 1.29 is 0 Å². The summed E-state index contributed by atoms with van der Waals surface area (Å²) in [6.07, 6.45) is 3.74. The van der Waals surface area contributed by atoms with E-state index in [0.29, 0.717) is 12.0 Å². The summed E-state index contributed by atoms with van der Waals surface area (Å²) in [7, 11) is 2.08. The third kappa shape index (κ3) is 4.43. The van der Waals surface area contributed by atoms with Crippen LogP contribution in [-0.2, 0) is 0 Å². The van der Waals surface area contributed by atoms with Crippen molar-refractivity contribution in [1.82, 2.24) is 10.2 Å². The fourth-order valence-corrected chi connectivity index (χ4v) is 3.65. The maximum Gasteiger partial charge on any atom is 0.0101 e. The van der Waals surface area contributed by atoms with Crippen molar-refractivity contribution in [2.24, 2.45) is 0 Å². The summed E-state index contributed by atoms with van der Waals surface area (Å²) < 4.78 is 0. The van der Waals surface area contributed by atoms with Crippen molar-refractivity contribution in [3.63, 3.8) is 0 Å². The smallest absolute Gasteiger partial charge is 0.0101 e. The Labute approximate surface area is 140 Å². The molecule has 3 rings (SSSR count). The summed E-state index contributed by atoms with van der Waals surface area (Å²) in [5.74, 6) is 0.499. The van der Waals surface area contributed by atoms with Crippen LogP contribution < -0.4 is 5.32 Å². The summed E-state index contributed by atoms with van der Waals surface area (Å²) in [6, 6.07) is 22.6. The van der Waals surface area contributed by atoms with Crippen molar-refractivity contribution in [3.8, 4) is 0 Å². The number of nitrogens with zero attached hydrogens (tertiary/aromatic N) is 1. The molecule has 1 N–H and O–H groups in total. The van der Waals surface area contributed by atoms with Crippen LogP contribution in [-0.4, -0.2) is 37.6 Å². The molecule has 1 heterocycles. The molecule has 0 unspecified atom stereocenters. The van der Waals surface area contributed by atoms with Gasteiger partial charge in [-0.1, -0.05) is 60.7 Å². The topological polar surface area (TPSA) is 15.3 Å². The Balaban J connectivity index is 1.66. The highest BCUT2D eigenvalue weighted by molar-refractivity contribution is 5.32. The fourth-order valence-electron chi connectivity index (χ4n) is 3.65. The number of likely N-dealkylation sites (tertiary alicyclic amines) is 1. The first kappa shape index (κ1) is 16.2. The molecule has 0 amide bonds. The van der Waals surface area contributed by atoms with Crippen LogP contribution in [0.3, 0.4) is 0 Å². The quantitative estimate of drug-likeness (QED) is 0.871.